The summed E-state index contributed by atoms with van der Waals surface area (Å²) in [6, 6.07) is 14.7. The van der Waals surface area contributed by atoms with E-state index in [0.29, 0.717) is 0 Å². The Hall–Kier alpha value is -1.55. The van der Waals surface area contributed by atoms with Crippen molar-refractivity contribution in [3.05, 3.63) is 56.1 Å². The predicted molar refractivity (Wildman–Crippen MR) is 93.1 cm³/mol. The summed E-state index contributed by atoms with van der Waals surface area (Å²) in [5.74, 6) is 0. The molecule has 0 saturated heterocycles. The smallest absolute Gasteiger partial charge is 0.358 e. The number of aryl methyl sites for hydroxylation is 2. The summed E-state index contributed by atoms with van der Waals surface area (Å²) in [5, 5.41) is 15.0. The maximum atomic E-state index is 4.38. The molecule has 2 aromatic carbocycles. The first kappa shape index (κ1) is 18.8. The largest absolute Gasteiger partial charge is 2.00 e. The fourth-order valence-corrected chi connectivity index (χ4v) is 3.41. The molecule has 7 heteroatoms. The van der Waals surface area contributed by atoms with Gasteiger partial charge in [-0.1, -0.05) is 5.11 Å². The number of nitrogens with zero attached hydrogens (tertiary/aromatic N) is 5. The van der Waals surface area contributed by atoms with E-state index in [4.69, 9.17) is 0 Å². The number of fused-ring (bicyclic) bond motifs is 2. The maximum Gasteiger partial charge on any atom is 2.00 e. The van der Waals surface area contributed by atoms with Gasteiger partial charge in [-0.25, -0.2) is 4.57 Å². The number of hydrogen-bond acceptors (Lipinski definition) is 4. The van der Waals surface area contributed by atoms with Gasteiger partial charge < -0.3 is 7.43 Å². The Kier molecular flexibility index (Phi) is 5.92. The second-order valence-electron chi connectivity index (χ2n) is 5.05. The van der Waals surface area contributed by atoms with E-state index < -0.39 is 0 Å². The molecule has 0 N–H and O–H groups in total. The average molecular weight is 560 g/mol. The van der Waals surface area contributed by atoms with Crippen LogP contribution in [0.2, 0.25) is 0 Å². The normalized spacial score (nSPS) is 10.9. The molecule has 0 spiro atoms. The van der Waals surface area contributed by atoms with Crippen molar-refractivity contribution in [1.29, 1.82) is 0 Å². The first-order chi connectivity index (χ1) is 10.7. The minimum Gasteiger partial charge on any atom is -0.358 e. The molecule has 4 aromatic rings. The minimum absolute atomic E-state index is 0. The maximum absolute atomic E-state index is 4.38. The first-order valence-electron chi connectivity index (χ1n) is 6.84. The van der Waals surface area contributed by atoms with Crippen LogP contribution >= 0.6 is 11.3 Å². The van der Waals surface area contributed by atoms with E-state index in [-0.39, 0.29) is 38.5 Å². The number of benzene rings is 2. The summed E-state index contributed by atoms with van der Waals surface area (Å²) in [7, 11) is 3.96. The van der Waals surface area contributed by atoms with Gasteiger partial charge in [0.2, 0.25) is 0 Å². The van der Waals surface area contributed by atoms with E-state index in [1.54, 1.807) is 11.3 Å². The number of thiazole rings is 1. The van der Waals surface area contributed by atoms with Crippen molar-refractivity contribution in [2.45, 2.75) is 0 Å². The average Bonchev–Trinajstić information content (AvgIpc) is 3.06. The van der Waals surface area contributed by atoms with Gasteiger partial charge in [0.05, 0.1) is 28.6 Å². The van der Waals surface area contributed by atoms with Gasteiger partial charge in [-0.15, -0.1) is 12.1 Å². The molecule has 2 heterocycles. The fourth-order valence-electron chi connectivity index (χ4n) is 2.41. The zero-order valence-corrected chi connectivity index (χ0v) is 18.7. The number of hydrogen-bond donors (Lipinski definition) is 0. The number of azo groups is 1. The van der Waals surface area contributed by atoms with Crippen LogP contribution in [0.3, 0.4) is 0 Å². The molecule has 0 radical (unpaired) electrons. The molecule has 0 amide bonds. The molecule has 0 bridgehead atoms. The Morgan fingerprint density at radius 3 is 2.71 bits per heavy atom. The Morgan fingerprint density at radius 1 is 1.21 bits per heavy atom. The zero-order chi connectivity index (χ0) is 15.1. The summed E-state index contributed by atoms with van der Waals surface area (Å²) < 4.78 is 5.12. The Bertz CT molecular complexity index is 1000. The van der Waals surface area contributed by atoms with Gasteiger partial charge in [-0.3, -0.25) is 4.68 Å². The van der Waals surface area contributed by atoms with E-state index >= 15 is 0 Å². The van der Waals surface area contributed by atoms with E-state index in [1.807, 2.05) is 49.2 Å². The van der Waals surface area contributed by atoms with Crippen molar-refractivity contribution >= 4 is 43.3 Å². The van der Waals surface area contributed by atoms with Crippen molar-refractivity contribution in [2.75, 3.05) is 0 Å². The quantitative estimate of drug-likeness (QED) is 0.205. The van der Waals surface area contributed by atoms with Crippen LogP contribution < -0.4 is 4.57 Å². The fraction of sp³-hybridized carbons (Fsp3) is 0.118. The molecule has 0 fully saturated rings. The van der Waals surface area contributed by atoms with Crippen LogP contribution in [0.15, 0.2) is 52.8 Å². The van der Waals surface area contributed by atoms with Gasteiger partial charge in [-0.2, -0.15) is 23.3 Å². The van der Waals surface area contributed by atoms with Crippen molar-refractivity contribution in [1.82, 2.24) is 9.78 Å². The van der Waals surface area contributed by atoms with Crippen LogP contribution in [0, 0.1) is 44.6 Å². The van der Waals surface area contributed by atoms with Crippen LogP contribution in [0.4, 0.5) is 10.8 Å². The van der Waals surface area contributed by atoms with Gasteiger partial charge in [0, 0.05) is 24.2 Å². The standard InChI is InChI=1S/C16H13N5S.CH3.U/c1-20-14-9-13-11(10-17-21(13)2)8-15(14)22-16(20)19-18-12-6-4-3-5-7-12;;/h4-10H,1-2H3;1H3;/q;-1;+2. The summed E-state index contributed by atoms with van der Waals surface area (Å²) in [4.78, 5) is 0. The SMILES string of the molecule is Cn1ncc2cc3sc(N=Nc4cc[c-]cc4)[n+](C)c3cc21.[CH3-].[U+2]. The zero-order valence-electron chi connectivity index (χ0n) is 13.7. The molecule has 0 aliphatic heterocycles. The molecule has 0 unspecified atom stereocenters. The van der Waals surface area contributed by atoms with Gasteiger partial charge in [0.25, 0.3) is 0 Å². The third-order valence-corrected chi connectivity index (χ3v) is 4.71. The molecular formula is C17H16N5SU+. The van der Waals surface area contributed by atoms with Crippen LogP contribution in [0.5, 0.6) is 0 Å². The molecule has 2 aromatic heterocycles. The Labute approximate surface area is 168 Å². The Balaban J connectivity index is 0.00000104. The Morgan fingerprint density at radius 2 is 1.96 bits per heavy atom. The van der Waals surface area contributed by atoms with Crippen LogP contribution in [0.25, 0.3) is 21.1 Å². The summed E-state index contributed by atoms with van der Waals surface area (Å²) >= 11 is 1.62. The third-order valence-electron chi connectivity index (χ3n) is 3.63. The van der Waals surface area contributed by atoms with Crippen LogP contribution in [-0.2, 0) is 14.1 Å². The third kappa shape index (κ3) is 3.30. The second kappa shape index (κ2) is 7.56. The molecule has 4 rings (SSSR count). The second-order valence-corrected chi connectivity index (χ2v) is 6.06. The van der Waals surface area contributed by atoms with Gasteiger partial charge in [-0.05, 0) is 17.4 Å². The summed E-state index contributed by atoms with van der Waals surface area (Å²) in [6.07, 6.45) is 1.89. The minimum atomic E-state index is 0. The van der Waals surface area contributed by atoms with Crippen LogP contribution in [0.1, 0.15) is 0 Å². The molecule has 0 atom stereocenters. The van der Waals surface area contributed by atoms with E-state index in [9.17, 15) is 0 Å². The van der Waals surface area contributed by atoms with Crippen molar-refractivity contribution in [3.63, 3.8) is 0 Å². The summed E-state index contributed by atoms with van der Waals surface area (Å²) in [5.41, 5.74) is 3.07. The number of rotatable bonds is 2. The molecule has 24 heavy (non-hydrogen) atoms. The molecule has 0 aliphatic rings. The predicted octanol–water partition coefficient (Wildman–Crippen LogP) is 4.28. The monoisotopic (exact) mass is 560 g/mol. The molecule has 0 saturated carbocycles. The topological polar surface area (TPSA) is 46.4 Å². The van der Waals surface area contributed by atoms with E-state index in [2.05, 4.69) is 38.1 Å². The van der Waals surface area contributed by atoms with Crippen molar-refractivity contribution in [2.24, 2.45) is 24.3 Å². The van der Waals surface area contributed by atoms with Gasteiger partial charge in [0.1, 0.15) is 5.52 Å². The molecule has 0 aliphatic carbocycles. The summed E-state index contributed by atoms with van der Waals surface area (Å²) in [6.45, 7) is 0. The first-order valence-corrected chi connectivity index (χ1v) is 7.66. The molecule has 118 valence electrons. The van der Waals surface area contributed by atoms with E-state index in [1.165, 1.54) is 4.70 Å². The van der Waals surface area contributed by atoms with Crippen molar-refractivity contribution < 1.29 is 35.7 Å². The van der Waals surface area contributed by atoms with Gasteiger partial charge >= 0.3 is 36.2 Å². The van der Waals surface area contributed by atoms with Crippen molar-refractivity contribution in [3.8, 4) is 0 Å². The molecular weight excluding hydrogens is 544 g/mol. The number of aromatic nitrogens is 3. The van der Waals surface area contributed by atoms with Gasteiger partial charge in [0.15, 0.2) is 0 Å². The van der Waals surface area contributed by atoms with Crippen LogP contribution in [-0.4, -0.2) is 9.78 Å². The van der Waals surface area contributed by atoms with E-state index in [0.717, 1.165) is 27.2 Å². The molecule has 5 nitrogen and oxygen atoms in total.